The highest BCUT2D eigenvalue weighted by molar-refractivity contribution is 14.1. The van der Waals surface area contributed by atoms with Crippen LogP contribution >= 0.6 is 67.8 Å². The van der Waals surface area contributed by atoms with Crippen LogP contribution in [0.4, 0.5) is 8.78 Å². The van der Waals surface area contributed by atoms with E-state index in [4.69, 9.17) is 4.74 Å². The van der Waals surface area contributed by atoms with Gasteiger partial charge in [0.15, 0.2) is 22.5 Å². The number of hydrogen-bond donors (Lipinski definition) is 0. The van der Waals surface area contributed by atoms with Gasteiger partial charge in [-0.1, -0.05) is 0 Å². The van der Waals surface area contributed by atoms with Crippen molar-refractivity contribution < 1.29 is 40.8 Å². The fraction of sp³-hybridized carbons (Fsp3) is 0.333. The summed E-state index contributed by atoms with van der Waals surface area (Å²) in [6, 6.07) is 3.54. The molecule has 0 aromatic heterocycles. The molecule has 13 heteroatoms. The van der Waals surface area contributed by atoms with Crippen LogP contribution in [-0.4, -0.2) is 36.8 Å². The van der Waals surface area contributed by atoms with E-state index < -0.39 is 46.8 Å². The third kappa shape index (κ3) is 7.33. The summed E-state index contributed by atoms with van der Waals surface area (Å²) in [5.41, 5.74) is 0. The van der Waals surface area contributed by atoms with E-state index in [1.807, 2.05) is 45.2 Å². The van der Waals surface area contributed by atoms with Gasteiger partial charge in [0, 0.05) is 3.57 Å². The molecule has 7 nitrogen and oxygen atoms in total. The van der Waals surface area contributed by atoms with Crippen LogP contribution in [0.5, 0.6) is 5.75 Å². The molecule has 0 saturated heterocycles. The van der Waals surface area contributed by atoms with Crippen molar-refractivity contribution in [1.82, 2.24) is 0 Å². The van der Waals surface area contributed by atoms with Crippen molar-refractivity contribution in [2.75, 3.05) is 6.61 Å². The van der Waals surface area contributed by atoms with Crippen LogP contribution in [0.2, 0.25) is 0 Å². The van der Waals surface area contributed by atoms with E-state index in [2.05, 4.69) is 27.3 Å². The minimum Gasteiger partial charge on any atom is -0.743 e. The number of rotatable bonds is 7. The molecule has 0 N–H and O–H groups in total. The molecule has 140 valence electrons. The molecule has 1 aromatic carbocycles. The Bertz CT molecular complexity index is 760. The van der Waals surface area contributed by atoms with Crippen LogP contribution in [-0.2, 0) is 24.4 Å². The maximum Gasteiger partial charge on any atom is 0.367 e. The van der Waals surface area contributed by atoms with E-state index >= 15 is 0 Å². The Morgan fingerprint density at radius 3 is 2.04 bits per heavy atom. The fourth-order valence-electron chi connectivity index (χ4n) is 1.30. The van der Waals surface area contributed by atoms with Crippen molar-refractivity contribution >= 4 is 89.8 Å². The summed E-state index contributed by atoms with van der Waals surface area (Å²) < 4.78 is 67.8. The van der Waals surface area contributed by atoms with Gasteiger partial charge in [0.1, 0.15) is 0 Å². The second kappa shape index (κ2) is 9.36. The van der Waals surface area contributed by atoms with Crippen LogP contribution < -0.4 is 4.74 Å². The second-order valence-corrected chi connectivity index (χ2v) is 9.50. The zero-order valence-electron chi connectivity index (χ0n) is 11.9. The zero-order valence-corrected chi connectivity index (χ0v) is 19.2. The highest BCUT2D eigenvalue weighted by atomic mass is 127. The molecule has 0 unspecified atom stereocenters. The Kier molecular flexibility index (Phi) is 8.67. The number of carbonyl (C=O) groups is 2. The third-order valence-electron chi connectivity index (χ3n) is 2.48. The lowest BCUT2D eigenvalue weighted by atomic mass is 10.3. The lowest BCUT2D eigenvalue weighted by Crippen LogP contribution is -2.34. The average molecular weight is 715 g/mol. The summed E-state index contributed by atoms with van der Waals surface area (Å²) in [5, 5.41) is -4.73. The molecule has 25 heavy (non-hydrogen) atoms. The number of halogens is 5. The normalized spacial score (nSPS) is 11.9. The fourth-order valence-corrected chi connectivity index (χ4v) is 5.31. The predicted molar refractivity (Wildman–Crippen MR) is 105 cm³/mol. The summed E-state index contributed by atoms with van der Waals surface area (Å²) in [6.07, 6.45) is -1.07. The molecular formula is C12H8F2I3O7S-. The number of ether oxygens (including phenoxy) is 2. The number of alkyl halides is 2. The van der Waals surface area contributed by atoms with Crippen LogP contribution in [0.25, 0.3) is 0 Å². The van der Waals surface area contributed by atoms with Gasteiger partial charge < -0.3 is 14.0 Å². The molecule has 0 heterocycles. The maximum atomic E-state index is 12.8. The van der Waals surface area contributed by atoms with Gasteiger partial charge in [0.05, 0.1) is 20.0 Å². The minimum absolute atomic E-state index is 0.309. The molecule has 0 amide bonds. The highest BCUT2D eigenvalue weighted by Gasteiger charge is 2.39. The van der Waals surface area contributed by atoms with Crippen molar-refractivity contribution in [2.24, 2.45) is 0 Å². The van der Waals surface area contributed by atoms with Crippen molar-refractivity contribution in [1.29, 1.82) is 0 Å². The molecule has 0 aliphatic heterocycles. The van der Waals surface area contributed by atoms with Crippen molar-refractivity contribution in [3.05, 3.63) is 22.8 Å². The maximum absolute atomic E-state index is 12.8. The lowest BCUT2D eigenvalue weighted by molar-refractivity contribution is -0.151. The minimum atomic E-state index is -5.94. The first-order valence-corrected chi connectivity index (χ1v) is 10.8. The predicted octanol–water partition coefficient (Wildman–Crippen LogP) is 2.87. The summed E-state index contributed by atoms with van der Waals surface area (Å²) in [7, 11) is -5.94. The molecule has 0 aliphatic carbocycles. The summed E-state index contributed by atoms with van der Waals surface area (Å²) in [6.45, 7) is -1.90. The van der Waals surface area contributed by atoms with Crippen molar-refractivity contribution in [3.63, 3.8) is 0 Å². The van der Waals surface area contributed by atoms with Gasteiger partial charge in [0.25, 0.3) is 0 Å². The molecule has 0 atom stereocenters. The van der Waals surface area contributed by atoms with Crippen molar-refractivity contribution in [3.8, 4) is 5.75 Å². The van der Waals surface area contributed by atoms with Gasteiger partial charge >= 0.3 is 17.2 Å². The summed E-state index contributed by atoms with van der Waals surface area (Å²) >= 11 is 6.03. The van der Waals surface area contributed by atoms with Gasteiger partial charge in [-0.05, 0) is 79.9 Å². The molecule has 0 fully saturated rings. The highest BCUT2D eigenvalue weighted by Crippen LogP contribution is 2.30. The van der Waals surface area contributed by atoms with Crippen LogP contribution in [0.15, 0.2) is 12.1 Å². The van der Waals surface area contributed by atoms with Gasteiger partial charge in [-0.2, -0.15) is 8.78 Å². The quantitative estimate of drug-likeness (QED) is 0.185. The first-order chi connectivity index (χ1) is 11.3. The van der Waals surface area contributed by atoms with Gasteiger partial charge in [-0.3, -0.25) is 9.59 Å². The van der Waals surface area contributed by atoms with Crippen LogP contribution in [0.1, 0.15) is 12.8 Å². The smallest absolute Gasteiger partial charge is 0.367 e. The topological polar surface area (TPSA) is 110 Å². The monoisotopic (exact) mass is 715 g/mol. The first-order valence-electron chi connectivity index (χ1n) is 6.17. The second-order valence-electron chi connectivity index (χ2n) is 4.42. The Morgan fingerprint density at radius 1 is 1.08 bits per heavy atom. The average Bonchev–Trinajstić information content (AvgIpc) is 2.45. The van der Waals surface area contributed by atoms with E-state index in [0.717, 1.165) is 3.57 Å². The first kappa shape index (κ1) is 23.2. The molecule has 0 bridgehead atoms. The van der Waals surface area contributed by atoms with Crippen LogP contribution in [0.3, 0.4) is 0 Å². The molecule has 0 aliphatic rings. The van der Waals surface area contributed by atoms with E-state index in [1.165, 1.54) is 0 Å². The Morgan fingerprint density at radius 2 is 1.56 bits per heavy atom. The van der Waals surface area contributed by atoms with E-state index in [9.17, 15) is 31.3 Å². The number of carbonyl (C=O) groups excluding carboxylic acids is 2. The Hall–Kier alpha value is 0.120. The van der Waals surface area contributed by atoms with Gasteiger partial charge in [0.2, 0.25) is 0 Å². The number of hydrogen-bond acceptors (Lipinski definition) is 7. The molecule has 1 aromatic rings. The van der Waals surface area contributed by atoms with E-state index in [-0.39, 0.29) is 0 Å². The molecule has 0 spiro atoms. The van der Waals surface area contributed by atoms with E-state index in [0.29, 0.717) is 12.9 Å². The summed E-state index contributed by atoms with van der Waals surface area (Å²) in [5.74, 6) is -1.74. The molecule has 0 saturated carbocycles. The Labute approximate surface area is 182 Å². The Balaban J connectivity index is 2.54. The van der Waals surface area contributed by atoms with Gasteiger partial charge in [-0.25, -0.2) is 8.42 Å². The SMILES string of the molecule is O=C(CCC(=O)Oc1c(I)cc(I)cc1I)OCC(F)(F)S(=O)(=O)[O-]. The zero-order chi connectivity index (χ0) is 19.4. The number of esters is 2. The largest absolute Gasteiger partial charge is 0.743 e. The standard InChI is InChI=1S/C12H9F2I3O7S/c13-12(14,25(20,21)22)5-23-9(18)1-2-10(19)24-11-7(16)3-6(15)4-8(11)17/h3-4H,1-2,5H2,(H,20,21,22)/p-1. The lowest BCUT2D eigenvalue weighted by Gasteiger charge is -2.19. The molecular weight excluding hydrogens is 707 g/mol. The molecule has 1 rings (SSSR count). The third-order valence-corrected chi connectivity index (χ3v) is 5.55. The molecule has 0 radical (unpaired) electrons. The number of benzene rings is 1. The van der Waals surface area contributed by atoms with Crippen LogP contribution in [0, 0.1) is 10.7 Å². The van der Waals surface area contributed by atoms with Crippen molar-refractivity contribution in [2.45, 2.75) is 18.1 Å². The summed E-state index contributed by atoms with van der Waals surface area (Å²) in [4.78, 5) is 23.0. The van der Waals surface area contributed by atoms with Gasteiger partial charge in [-0.15, -0.1) is 0 Å². The van der Waals surface area contributed by atoms with E-state index in [1.54, 1.807) is 12.1 Å².